The minimum absolute atomic E-state index is 0.00244. The van der Waals surface area contributed by atoms with E-state index in [1.54, 1.807) is 31.2 Å². The zero-order chi connectivity index (χ0) is 17.4. The lowest BCUT2D eigenvalue weighted by Gasteiger charge is -2.40. The topological polar surface area (TPSA) is 55.4 Å². The summed E-state index contributed by atoms with van der Waals surface area (Å²) in [6.07, 6.45) is 5.48. The number of ether oxygens (including phenoxy) is 1. The number of benzene rings is 1. The van der Waals surface area contributed by atoms with E-state index in [1.165, 1.54) is 6.42 Å². The van der Waals surface area contributed by atoms with Gasteiger partial charge in [-0.1, -0.05) is 6.58 Å². The summed E-state index contributed by atoms with van der Waals surface area (Å²) in [6.45, 7) is 9.31. The number of carbonyl (C=O) groups is 2. The molecule has 0 bridgehead atoms. The second-order valence-corrected chi connectivity index (χ2v) is 6.32. The van der Waals surface area contributed by atoms with Gasteiger partial charge in [-0.05, 0) is 56.5 Å². The van der Waals surface area contributed by atoms with Gasteiger partial charge in [0, 0.05) is 5.69 Å². The number of quaternary nitrogens is 1. The summed E-state index contributed by atoms with van der Waals surface area (Å²) in [7, 11) is 0. The van der Waals surface area contributed by atoms with Gasteiger partial charge in [0.25, 0.3) is 5.91 Å². The van der Waals surface area contributed by atoms with Crippen molar-refractivity contribution in [2.24, 2.45) is 0 Å². The minimum Gasteiger partial charge on any atom is -0.462 e. The number of likely N-dealkylation sites (tertiary alicyclic amines) is 1. The Morgan fingerprint density at radius 2 is 1.88 bits per heavy atom. The van der Waals surface area contributed by atoms with Gasteiger partial charge in [0.2, 0.25) is 0 Å². The first-order valence-electron chi connectivity index (χ1n) is 8.61. The second kappa shape index (κ2) is 8.64. The molecule has 0 aromatic heterocycles. The first kappa shape index (κ1) is 18.2. The lowest BCUT2D eigenvalue weighted by atomic mass is 10.1. The van der Waals surface area contributed by atoms with E-state index in [2.05, 4.69) is 11.9 Å². The fourth-order valence-corrected chi connectivity index (χ4v) is 3.27. The maximum Gasteiger partial charge on any atom is 0.338 e. The molecular formula is C19H27N2O3+. The normalized spacial score (nSPS) is 16.2. The molecule has 1 aromatic rings. The van der Waals surface area contributed by atoms with E-state index < -0.39 is 0 Å². The summed E-state index contributed by atoms with van der Waals surface area (Å²) in [5.41, 5.74) is 1.18. The van der Waals surface area contributed by atoms with Crippen molar-refractivity contribution >= 4 is 17.6 Å². The van der Waals surface area contributed by atoms with Crippen molar-refractivity contribution in [3.8, 4) is 0 Å². The third-order valence-electron chi connectivity index (χ3n) is 4.44. The minimum atomic E-state index is -0.348. The Hall–Kier alpha value is -2.14. The van der Waals surface area contributed by atoms with E-state index in [9.17, 15) is 9.59 Å². The monoisotopic (exact) mass is 331 g/mol. The van der Waals surface area contributed by atoms with Crippen LogP contribution in [0.1, 0.15) is 36.5 Å². The second-order valence-electron chi connectivity index (χ2n) is 6.32. The van der Waals surface area contributed by atoms with E-state index in [0.717, 1.165) is 37.0 Å². The predicted molar refractivity (Wildman–Crippen MR) is 94.8 cm³/mol. The number of carbonyl (C=O) groups excluding carboxylic acids is 2. The molecule has 130 valence electrons. The molecule has 1 heterocycles. The van der Waals surface area contributed by atoms with Crippen molar-refractivity contribution in [2.45, 2.75) is 26.2 Å². The van der Waals surface area contributed by atoms with Gasteiger partial charge in [0.05, 0.1) is 31.8 Å². The van der Waals surface area contributed by atoms with Crippen LogP contribution in [0.25, 0.3) is 0 Å². The Balaban J connectivity index is 1.95. The molecule has 1 aliphatic rings. The molecule has 1 aromatic carbocycles. The van der Waals surface area contributed by atoms with E-state index in [0.29, 0.717) is 24.4 Å². The number of hydrogen-bond acceptors (Lipinski definition) is 3. The SMILES string of the molecule is C=CC[N+]1(CC(=O)Nc2ccc(C(=O)OCC)cc2)CCCCC1. The summed E-state index contributed by atoms with van der Waals surface area (Å²) in [5, 5.41) is 2.93. The van der Waals surface area contributed by atoms with Crippen molar-refractivity contribution in [3.63, 3.8) is 0 Å². The highest BCUT2D eigenvalue weighted by Crippen LogP contribution is 2.19. The molecule has 1 fully saturated rings. The fourth-order valence-electron chi connectivity index (χ4n) is 3.27. The molecule has 2 rings (SSSR count). The summed E-state index contributed by atoms with van der Waals surface area (Å²) >= 11 is 0. The number of hydrogen-bond donors (Lipinski definition) is 1. The van der Waals surface area contributed by atoms with E-state index >= 15 is 0 Å². The molecule has 24 heavy (non-hydrogen) atoms. The van der Waals surface area contributed by atoms with Crippen LogP contribution in [0.15, 0.2) is 36.9 Å². The van der Waals surface area contributed by atoms with Crippen LogP contribution >= 0.6 is 0 Å². The molecule has 5 heteroatoms. The molecule has 0 aliphatic carbocycles. The van der Waals surface area contributed by atoms with Crippen LogP contribution in [0.4, 0.5) is 5.69 Å². The molecule has 1 N–H and O–H groups in total. The van der Waals surface area contributed by atoms with E-state index in [-0.39, 0.29) is 11.9 Å². The highest BCUT2D eigenvalue weighted by atomic mass is 16.5. The van der Waals surface area contributed by atoms with Gasteiger partial charge in [-0.3, -0.25) is 4.79 Å². The molecule has 0 unspecified atom stereocenters. The number of nitrogens with zero attached hydrogens (tertiary/aromatic N) is 1. The number of esters is 1. The van der Waals surface area contributed by atoms with Crippen LogP contribution in [0.3, 0.4) is 0 Å². The first-order chi connectivity index (χ1) is 11.6. The number of amides is 1. The molecular weight excluding hydrogens is 304 g/mol. The number of nitrogens with one attached hydrogen (secondary N) is 1. The maximum atomic E-state index is 12.4. The highest BCUT2D eigenvalue weighted by molar-refractivity contribution is 5.93. The molecule has 1 saturated heterocycles. The first-order valence-corrected chi connectivity index (χ1v) is 8.61. The predicted octanol–water partition coefficient (Wildman–Crippen LogP) is 2.99. The van der Waals surface area contributed by atoms with Crippen molar-refractivity contribution in [3.05, 3.63) is 42.5 Å². The van der Waals surface area contributed by atoms with Crippen LogP contribution in [0.2, 0.25) is 0 Å². The number of anilines is 1. The van der Waals surface area contributed by atoms with Gasteiger partial charge in [0.1, 0.15) is 0 Å². The summed E-state index contributed by atoms with van der Waals surface area (Å²) < 4.78 is 5.74. The summed E-state index contributed by atoms with van der Waals surface area (Å²) in [5.74, 6) is -0.346. The third kappa shape index (κ3) is 4.93. The molecule has 0 radical (unpaired) electrons. The maximum absolute atomic E-state index is 12.4. The summed E-state index contributed by atoms with van der Waals surface area (Å²) in [4.78, 5) is 24.1. The fraction of sp³-hybridized carbons (Fsp3) is 0.474. The Bertz CT molecular complexity index is 575. The van der Waals surface area contributed by atoms with Crippen molar-refractivity contribution < 1.29 is 18.8 Å². The zero-order valence-electron chi connectivity index (χ0n) is 14.4. The Labute approximate surface area is 143 Å². The molecule has 5 nitrogen and oxygen atoms in total. The lowest BCUT2D eigenvalue weighted by molar-refractivity contribution is -0.919. The molecule has 0 saturated carbocycles. The molecule has 1 aliphatic heterocycles. The molecule has 1 amide bonds. The smallest absolute Gasteiger partial charge is 0.338 e. The van der Waals surface area contributed by atoms with Crippen molar-refractivity contribution in [1.82, 2.24) is 0 Å². The highest BCUT2D eigenvalue weighted by Gasteiger charge is 2.31. The van der Waals surface area contributed by atoms with Gasteiger partial charge in [0.15, 0.2) is 6.54 Å². The van der Waals surface area contributed by atoms with E-state index in [1.807, 2.05) is 6.08 Å². The Kier molecular flexibility index (Phi) is 6.55. The zero-order valence-corrected chi connectivity index (χ0v) is 14.4. The van der Waals surface area contributed by atoms with Crippen molar-refractivity contribution in [2.75, 3.05) is 38.1 Å². The van der Waals surface area contributed by atoms with Crippen LogP contribution in [0, 0.1) is 0 Å². The van der Waals surface area contributed by atoms with Crippen molar-refractivity contribution in [1.29, 1.82) is 0 Å². The third-order valence-corrected chi connectivity index (χ3v) is 4.44. The number of rotatable bonds is 7. The standard InChI is InChI=1S/C19H26N2O3/c1-3-12-21(13-6-5-7-14-21)15-18(22)20-17-10-8-16(9-11-17)19(23)24-4-2/h3,8-11H,1,4-7,12-15H2,2H3/p+1. The van der Waals surface area contributed by atoms with Gasteiger partial charge in [-0.15, -0.1) is 0 Å². The van der Waals surface area contributed by atoms with Gasteiger partial charge in [-0.2, -0.15) is 0 Å². The number of piperidine rings is 1. The van der Waals surface area contributed by atoms with Gasteiger partial charge < -0.3 is 14.5 Å². The molecule has 0 atom stereocenters. The molecule has 0 spiro atoms. The van der Waals surface area contributed by atoms with Crippen LogP contribution < -0.4 is 5.32 Å². The van der Waals surface area contributed by atoms with Crippen LogP contribution in [-0.2, 0) is 9.53 Å². The average Bonchev–Trinajstić information content (AvgIpc) is 2.56. The van der Waals surface area contributed by atoms with E-state index in [4.69, 9.17) is 4.74 Å². The lowest BCUT2D eigenvalue weighted by Crippen LogP contribution is -2.55. The largest absolute Gasteiger partial charge is 0.462 e. The quantitative estimate of drug-likeness (QED) is 0.475. The van der Waals surface area contributed by atoms with Gasteiger partial charge in [-0.25, -0.2) is 4.79 Å². The Morgan fingerprint density at radius 1 is 1.21 bits per heavy atom. The average molecular weight is 331 g/mol. The Morgan fingerprint density at radius 3 is 2.46 bits per heavy atom. The van der Waals surface area contributed by atoms with Crippen LogP contribution in [-0.4, -0.2) is 49.1 Å². The van der Waals surface area contributed by atoms with Gasteiger partial charge >= 0.3 is 5.97 Å². The van der Waals surface area contributed by atoms with Crippen LogP contribution in [0.5, 0.6) is 0 Å². The summed E-state index contributed by atoms with van der Waals surface area (Å²) in [6, 6.07) is 6.81.